The summed E-state index contributed by atoms with van der Waals surface area (Å²) in [5, 5.41) is 19.2. The second-order valence-electron chi connectivity index (χ2n) is 6.09. The zero-order chi connectivity index (χ0) is 19.8. The highest BCUT2D eigenvalue weighted by molar-refractivity contribution is 6.02. The molecule has 0 saturated heterocycles. The zero-order valence-corrected chi connectivity index (χ0v) is 15.5. The first kappa shape index (κ1) is 18.9. The van der Waals surface area contributed by atoms with Crippen molar-refractivity contribution < 1.29 is 9.53 Å². The number of nitrogens with one attached hydrogen (secondary N) is 2. The van der Waals surface area contributed by atoms with E-state index in [0.29, 0.717) is 18.5 Å². The lowest BCUT2D eigenvalue weighted by atomic mass is 10.1. The number of aromatic nitrogens is 2. The van der Waals surface area contributed by atoms with Crippen LogP contribution in [0.15, 0.2) is 66.4 Å². The second-order valence-corrected chi connectivity index (χ2v) is 6.09. The van der Waals surface area contributed by atoms with E-state index >= 15 is 0 Å². The van der Waals surface area contributed by atoms with Crippen LogP contribution in [0.2, 0.25) is 0 Å². The van der Waals surface area contributed by atoms with E-state index in [1.54, 1.807) is 19.4 Å². The summed E-state index contributed by atoms with van der Waals surface area (Å²) in [6.45, 7) is 0.432. The average molecular weight is 372 g/mol. The van der Waals surface area contributed by atoms with Crippen LogP contribution in [-0.2, 0) is 11.2 Å². The number of carbonyl (C=O) groups excluding carboxylic acids is 1. The number of rotatable bonds is 7. The summed E-state index contributed by atoms with van der Waals surface area (Å²) < 4.78 is 5.13. The van der Waals surface area contributed by atoms with Crippen molar-refractivity contribution in [1.82, 2.24) is 15.5 Å². The van der Waals surface area contributed by atoms with Crippen LogP contribution in [0.5, 0.6) is 5.75 Å². The number of methoxy groups -OCH3 is 1. The smallest absolute Gasteiger partial charge is 0.261 e. The van der Waals surface area contributed by atoms with Crippen LogP contribution in [0.25, 0.3) is 17.3 Å². The molecule has 140 valence electrons. The molecule has 28 heavy (non-hydrogen) atoms. The van der Waals surface area contributed by atoms with Crippen LogP contribution in [0.3, 0.4) is 0 Å². The van der Waals surface area contributed by atoms with E-state index in [-0.39, 0.29) is 5.57 Å². The summed E-state index contributed by atoms with van der Waals surface area (Å²) in [6, 6.07) is 19.3. The summed E-state index contributed by atoms with van der Waals surface area (Å²) in [7, 11) is 1.62. The minimum Gasteiger partial charge on any atom is -0.497 e. The second kappa shape index (κ2) is 9.19. The topological polar surface area (TPSA) is 90.8 Å². The molecule has 1 aromatic heterocycles. The van der Waals surface area contributed by atoms with Crippen LogP contribution >= 0.6 is 0 Å². The Kier molecular flexibility index (Phi) is 6.21. The molecule has 2 N–H and O–H groups in total. The van der Waals surface area contributed by atoms with Crippen molar-refractivity contribution in [2.75, 3.05) is 13.7 Å². The van der Waals surface area contributed by atoms with Crippen LogP contribution in [-0.4, -0.2) is 29.8 Å². The Morgan fingerprint density at radius 1 is 1.21 bits per heavy atom. The lowest BCUT2D eigenvalue weighted by molar-refractivity contribution is -0.117. The molecule has 0 spiro atoms. The third-order valence-corrected chi connectivity index (χ3v) is 4.25. The Labute approximate surface area is 163 Å². The minimum atomic E-state index is -0.406. The number of amides is 1. The Hall–Kier alpha value is -3.85. The van der Waals surface area contributed by atoms with Gasteiger partial charge in [-0.2, -0.15) is 10.4 Å². The maximum absolute atomic E-state index is 12.4. The highest BCUT2D eigenvalue weighted by Crippen LogP contribution is 2.22. The van der Waals surface area contributed by atoms with Gasteiger partial charge < -0.3 is 10.1 Å². The third kappa shape index (κ3) is 4.65. The summed E-state index contributed by atoms with van der Waals surface area (Å²) in [6.07, 6.45) is 3.81. The molecule has 0 aliphatic rings. The standard InChI is InChI=1S/C22H20N4O2/c1-28-20-9-7-16(8-10-20)11-12-24-22(27)18(14-23)13-19-15-25-26-21(19)17-5-3-2-4-6-17/h2-10,13,15H,11-12H2,1H3,(H,24,27)(H,25,26). The fourth-order valence-electron chi connectivity index (χ4n) is 2.75. The number of nitrogens with zero attached hydrogens (tertiary/aromatic N) is 2. The van der Waals surface area contributed by atoms with Gasteiger partial charge in [0.1, 0.15) is 17.4 Å². The number of benzene rings is 2. The van der Waals surface area contributed by atoms with E-state index in [9.17, 15) is 10.1 Å². The molecule has 0 aliphatic heterocycles. The summed E-state index contributed by atoms with van der Waals surface area (Å²) >= 11 is 0. The van der Waals surface area contributed by atoms with E-state index in [1.807, 2.05) is 60.7 Å². The number of H-pyrrole nitrogens is 1. The number of aromatic amines is 1. The molecule has 0 aliphatic carbocycles. The predicted octanol–water partition coefficient (Wildman–Crippen LogP) is 3.35. The molecule has 6 nitrogen and oxygen atoms in total. The first-order chi connectivity index (χ1) is 13.7. The first-order valence-corrected chi connectivity index (χ1v) is 8.83. The normalized spacial score (nSPS) is 10.9. The fraction of sp³-hybridized carbons (Fsp3) is 0.136. The molecule has 2 aromatic carbocycles. The molecule has 0 fully saturated rings. The molecule has 3 rings (SSSR count). The van der Waals surface area contributed by atoms with Crippen molar-refractivity contribution in [2.24, 2.45) is 0 Å². The number of carbonyl (C=O) groups is 1. The lowest BCUT2D eigenvalue weighted by Gasteiger charge is -2.06. The number of hydrogen-bond acceptors (Lipinski definition) is 4. The molecular weight excluding hydrogens is 352 g/mol. The van der Waals surface area contributed by atoms with E-state index in [0.717, 1.165) is 22.6 Å². The van der Waals surface area contributed by atoms with Crippen LogP contribution in [0, 0.1) is 11.3 Å². The Morgan fingerprint density at radius 3 is 2.64 bits per heavy atom. The fourth-order valence-corrected chi connectivity index (χ4v) is 2.75. The molecule has 0 atom stereocenters. The SMILES string of the molecule is COc1ccc(CCNC(=O)C(C#N)=Cc2cn[nH]c2-c2ccccc2)cc1. The number of nitriles is 1. The highest BCUT2D eigenvalue weighted by Gasteiger charge is 2.12. The van der Waals surface area contributed by atoms with Gasteiger partial charge in [0.05, 0.1) is 19.0 Å². The predicted molar refractivity (Wildman–Crippen MR) is 107 cm³/mol. The van der Waals surface area contributed by atoms with E-state index < -0.39 is 5.91 Å². The van der Waals surface area contributed by atoms with Crippen molar-refractivity contribution >= 4 is 12.0 Å². The largest absolute Gasteiger partial charge is 0.497 e. The Bertz CT molecular complexity index is 999. The van der Waals surface area contributed by atoms with Crippen molar-refractivity contribution in [1.29, 1.82) is 5.26 Å². The highest BCUT2D eigenvalue weighted by atomic mass is 16.5. The lowest BCUT2D eigenvalue weighted by Crippen LogP contribution is -2.26. The van der Waals surface area contributed by atoms with Gasteiger partial charge in [0.15, 0.2) is 0 Å². The first-order valence-electron chi connectivity index (χ1n) is 8.83. The van der Waals surface area contributed by atoms with Gasteiger partial charge in [-0.15, -0.1) is 0 Å². The van der Waals surface area contributed by atoms with Crippen molar-refractivity contribution in [3.63, 3.8) is 0 Å². The number of hydrogen-bond donors (Lipinski definition) is 2. The van der Waals surface area contributed by atoms with Gasteiger partial charge in [0, 0.05) is 17.7 Å². The molecule has 0 unspecified atom stereocenters. The monoisotopic (exact) mass is 372 g/mol. The number of ether oxygens (including phenoxy) is 1. The van der Waals surface area contributed by atoms with Crippen molar-refractivity contribution in [2.45, 2.75) is 6.42 Å². The summed E-state index contributed by atoms with van der Waals surface area (Å²) in [5.74, 6) is 0.382. The molecule has 1 amide bonds. The van der Waals surface area contributed by atoms with Gasteiger partial charge in [-0.1, -0.05) is 42.5 Å². The summed E-state index contributed by atoms with van der Waals surface area (Å²) in [4.78, 5) is 12.4. The van der Waals surface area contributed by atoms with Gasteiger partial charge in [0.25, 0.3) is 5.91 Å². The summed E-state index contributed by atoms with van der Waals surface area (Å²) in [5.41, 5.74) is 3.49. The minimum absolute atomic E-state index is 0.0355. The van der Waals surface area contributed by atoms with Crippen LogP contribution in [0.1, 0.15) is 11.1 Å². The molecule has 0 bridgehead atoms. The molecule has 1 heterocycles. The zero-order valence-electron chi connectivity index (χ0n) is 15.5. The molecule has 6 heteroatoms. The van der Waals surface area contributed by atoms with Gasteiger partial charge in [-0.3, -0.25) is 9.89 Å². The van der Waals surface area contributed by atoms with E-state index in [2.05, 4.69) is 15.5 Å². The third-order valence-electron chi connectivity index (χ3n) is 4.25. The van der Waals surface area contributed by atoms with Crippen LogP contribution < -0.4 is 10.1 Å². The van der Waals surface area contributed by atoms with E-state index in [4.69, 9.17) is 4.74 Å². The van der Waals surface area contributed by atoms with Gasteiger partial charge in [0.2, 0.25) is 0 Å². The van der Waals surface area contributed by atoms with Crippen LogP contribution in [0.4, 0.5) is 0 Å². The van der Waals surface area contributed by atoms with E-state index in [1.165, 1.54) is 0 Å². The van der Waals surface area contributed by atoms with Gasteiger partial charge in [-0.05, 0) is 30.2 Å². The Balaban J connectivity index is 1.65. The molecular formula is C22H20N4O2. The van der Waals surface area contributed by atoms with Crippen molar-refractivity contribution in [3.05, 3.63) is 77.5 Å². The molecule has 0 saturated carbocycles. The molecule has 0 radical (unpaired) electrons. The maximum Gasteiger partial charge on any atom is 0.261 e. The van der Waals surface area contributed by atoms with Crippen molar-refractivity contribution in [3.8, 4) is 23.1 Å². The van der Waals surface area contributed by atoms with Gasteiger partial charge >= 0.3 is 0 Å². The maximum atomic E-state index is 12.4. The molecule has 3 aromatic rings. The quantitative estimate of drug-likeness (QED) is 0.491. The van der Waals surface area contributed by atoms with Gasteiger partial charge in [-0.25, -0.2) is 0 Å². The average Bonchev–Trinajstić information content (AvgIpc) is 3.21. The Morgan fingerprint density at radius 2 is 1.96 bits per heavy atom.